The van der Waals surface area contributed by atoms with Crippen LogP contribution in [0.5, 0.6) is 0 Å². The second-order valence-electron chi connectivity index (χ2n) is 6.22. The summed E-state index contributed by atoms with van der Waals surface area (Å²) in [7, 11) is 4.24. The number of rotatable bonds is 6. The highest BCUT2D eigenvalue weighted by Crippen LogP contribution is 2.22. The molecule has 0 saturated heterocycles. The van der Waals surface area contributed by atoms with Gasteiger partial charge in [-0.1, -0.05) is 19.9 Å². The Bertz CT molecular complexity index is 422. The quantitative estimate of drug-likeness (QED) is 0.781. The molecule has 1 heterocycles. The fourth-order valence-electron chi connectivity index (χ4n) is 3.42. The van der Waals surface area contributed by atoms with Crippen molar-refractivity contribution in [1.82, 2.24) is 0 Å². The average Bonchev–Trinajstić information content (AvgIpc) is 2.45. The molecule has 1 aliphatic heterocycles. The second-order valence-corrected chi connectivity index (χ2v) is 6.22. The van der Waals surface area contributed by atoms with Crippen LogP contribution in [0, 0.1) is 0 Å². The van der Waals surface area contributed by atoms with Crippen LogP contribution in [-0.4, -0.2) is 33.7 Å². The van der Waals surface area contributed by atoms with E-state index in [0.29, 0.717) is 6.04 Å². The molecule has 2 rings (SSSR count). The molecule has 1 atom stereocenters. The van der Waals surface area contributed by atoms with E-state index < -0.39 is 0 Å². The third-order valence-corrected chi connectivity index (χ3v) is 4.42. The highest BCUT2D eigenvalue weighted by Gasteiger charge is 2.30. The van der Waals surface area contributed by atoms with Crippen LogP contribution < -0.4 is 15.1 Å². The van der Waals surface area contributed by atoms with Crippen molar-refractivity contribution in [3.63, 3.8) is 0 Å². The highest BCUT2D eigenvalue weighted by molar-refractivity contribution is 5.50. The van der Waals surface area contributed by atoms with E-state index in [0.717, 1.165) is 6.54 Å². The van der Waals surface area contributed by atoms with Gasteiger partial charge in [-0.3, -0.25) is 0 Å². The van der Waals surface area contributed by atoms with Crippen molar-refractivity contribution >= 4 is 5.69 Å². The Morgan fingerprint density at radius 3 is 2.50 bits per heavy atom. The van der Waals surface area contributed by atoms with Crippen LogP contribution >= 0.6 is 0 Å². The number of fused-ring (bicyclic) bond motifs is 1. The smallest absolute Gasteiger partial charge is 0.163 e. The molecule has 1 aliphatic rings. The van der Waals surface area contributed by atoms with Crippen molar-refractivity contribution in [3.05, 3.63) is 29.3 Å². The Kier molecular flexibility index (Phi) is 5.44. The molecule has 0 unspecified atom stereocenters. The number of nitrogens with zero attached hydrogens (tertiary/aromatic N) is 1. The van der Waals surface area contributed by atoms with Gasteiger partial charge >= 0.3 is 0 Å². The van der Waals surface area contributed by atoms with E-state index in [4.69, 9.17) is 0 Å². The van der Waals surface area contributed by atoms with Crippen LogP contribution in [0.25, 0.3) is 0 Å². The number of nitrogens with one attached hydrogen (secondary N) is 1. The molecule has 1 aromatic carbocycles. The van der Waals surface area contributed by atoms with Gasteiger partial charge in [0.1, 0.15) is 13.1 Å². The van der Waals surface area contributed by atoms with Gasteiger partial charge < -0.3 is 15.1 Å². The third-order valence-electron chi connectivity index (χ3n) is 4.42. The molecule has 3 heteroatoms. The first-order valence-electron chi connectivity index (χ1n) is 8.13. The maximum atomic E-state index is 2.48. The number of anilines is 1. The molecule has 3 N–H and O–H groups in total. The molecule has 0 aliphatic carbocycles. The van der Waals surface area contributed by atoms with Crippen molar-refractivity contribution in [2.24, 2.45) is 0 Å². The molecule has 0 fully saturated rings. The fraction of sp³-hybridized carbons (Fsp3) is 0.647. The molecule has 0 bridgehead atoms. The van der Waals surface area contributed by atoms with Gasteiger partial charge in [-0.2, -0.15) is 0 Å². The van der Waals surface area contributed by atoms with E-state index in [2.05, 4.69) is 56.4 Å². The molecule has 20 heavy (non-hydrogen) atoms. The van der Waals surface area contributed by atoms with E-state index in [1.165, 1.54) is 43.7 Å². The lowest BCUT2D eigenvalue weighted by Gasteiger charge is -2.32. The number of hydrogen-bond acceptors (Lipinski definition) is 1. The minimum atomic E-state index is 0.676. The van der Waals surface area contributed by atoms with Gasteiger partial charge in [0.25, 0.3) is 0 Å². The molecule has 0 spiro atoms. The van der Waals surface area contributed by atoms with Crippen molar-refractivity contribution < 1.29 is 10.2 Å². The van der Waals surface area contributed by atoms with E-state index in [1.807, 2.05) is 0 Å². The molecule has 112 valence electrons. The molecule has 0 amide bonds. The maximum absolute atomic E-state index is 2.48. The number of quaternary nitrogens is 2. The lowest BCUT2D eigenvalue weighted by Crippen LogP contribution is -3.15. The van der Waals surface area contributed by atoms with Gasteiger partial charge in [0.05, 0.1) is 13.1 Å². The highest BCUT2D eigenvalue weighted by atomic mass is 15.2. The maximum Gasteiger partial charge on any atom is 0.163 e. The molecular weight excluding hydrogens is 246 g/mol. The molecule has 0 aromatic heterocycles. The lowest BCUT2D eigenvalue weighted by atomic mass is 9.94. The first-order chi connectivity index (χ1) is 9.67. The van der Waals surface area contributed by atoms with Gasteiger partial charge in [-0.25, -0.2) is 0 Å². The zero-order valence-electron chi connectivity index (χ0n) is 13.6. The van der Waals surface area contributed by atoms with Gasteiger partial charge in [-0.15, -0.1) is 0 Å². The summed E-state index contributed by atoms with van der Waals surface area (Å²) < 4.78 is 0. The van der Waals surface area contributed by atoms with Crippen molar-refractivity contribution in [2.75, 3.05) is 38.6 Å². The standard InChI is InChI=1S/C17H29N3/c1-5-9-20(10-6-2)17-13-18-12-14-11-15(19(3)4)7-8-16(14)17/h7-8,11,17-18H,5-6,9-10,12-13H2,1-4H3/p+2/t17-/m0/s1. The lowest BCUT2D eigenvalue weighted by molar-refractivity contribution is -0.948. The Labute approximate surface area is 124 Å². The Morgan fingerprint density at radius 1 is 1.20 bits per heavy atom. The second kappa shape index (κ2) is 7.09. The average molecular weight is 277 g/mol. The molecular formula is C17H31N3+2. The van der Waals surface area contributed by atoms with E-state index in [9.17, 15) is 0 Å². The summed E-state index contributed by atoms with van der Waals surface area (Å²) in [5.41, 5.74) is 4.46. The minimum Gasteiger partial charge on any atom is -0.378 e. The van der Waals surface area contributed by atoms with Crippen LogP contribution in [0.3, 0.4) is 0 Å². The topological polar surface area (TPSA) is 24.3 Å². The van der Waals surface area contributed by atoms with Crippen LogP contribution in [-0.2, 0) is 6.54 Å². The van der Waals surface area contributed by atoms with E-state index in [-0.39, 0.29) is 0 Å². The Morgan fingerprint density at radius 2 is 1.90 bits per heavy atom. The Hall–Kier alpha value is -1.06. The van der Waals surface area contributed by atoms with E-state index >= 15 is 0 Å². The van der Waals surface area contributed by atoms with Gasteiger partial charge in [0.15, 0.2) is 6.04 Å². The van der Waals surface area contributed by atoms with Gasteiger partial charge in [0.2, 0.25) is 0 Å². The zero-order chi connectivity index (χ0) is 14.5. The zero-order valence-corrected chi connectivity index (χ0v) is 13.6. The summed E-state index contributed by atoms with van der Waals surface area (Å²) in [6.07, 6.45) is 2.55. The fourth-order valence-corrected chi connectivity index (χ4v) is 3.42. The third kappa shape index (κ3) is 3.33. The van der Waals surface area contributed by atoms with E-state index in [1.54, 1.807) is 10.5 Å². The van der Waals surface area contributed by atoms with Crippen molar-refractivity contribution in [1.29, 1.82) is 0 Å². The van der Waals surface area contributed by atoms with Crippen molar-refractivity contribution in [3.8, 4) is 0 Å². The summed E-state index contributed by atoms with van der Waals surface area (Å²) in [4.78, 5) is 3.97. The first kappa shape index (κ1) is 15.3. The predicted octanol–water partition coefficient (Wildman–Crippen LogP) is 0.576. The molecule has 0 radical (unpaired) electrons. The van der Waals surface area contributed by atoms with Crippen molar-refractivity contribution in [2.45, 2.75) is 39.3 Å². The monoisotopic (exact) mass is 277 g/mol. The number of nitrogens with two attached hydrogens (primary N) is 1. The SMILES string of the molecule is CCC[NH+](CCC)[C@H]1C[NH2+]Cc2cc(N(C)C)ccc21. The summed E-state index contributed by atoms with van der Waals surface area (Å²) in [6, 6.07) is 7.73. The predicted molar refractivity (Wildman–Crippen MR) is 85.3 cm³/mol. The summed E-state index contributed by atoms with van der Waals surface area (Å²) in [6.45, 7) is 9.57. The minimum absolute atomic E-state index is 0.676. The number of hydrogen-bond donors (Lipinski definition) is 2. The van der Waals surface area contributed by atoms with Crippen LogP contribution in [0.1, 0.15) is 43.9 Å². The summed E-state index contributed by atoms with van der Waals surface area (Å²) in [5.74, 6) is 0. The van der Waals surface area contributed by atoms with Gasteiger partial charge in [0, 0.05) is 30.9 Å². The summed E-state index contributed by atoms with van der Waals surface area (Å²) >= 11 is 0. The summed E-state index contributed by atoms with van der Waals surface area (Å²) in [5, 5.41) is 2.48. The van der Waals surface area contributed by atoms with Crippen LogP contribution in [0.4, 0.5) is 5.69 Å². The van der Waals surface area contributed by atoms with Crippen LogP contribution in [0.15, 0.2) is 18.2 Å². The normalized spacial score (nSPS) is 18.1. The van der Waals surface area contributed by atoms with Gasteiger partial charge in [-0.05, 0) is 25.0 Å². The Balaban J connectivity index is 2.26. The first-order valence-corrected chi connectivity index (χ1v) is 8.13. The molecule has 1 aromatic rings. The molecule has 3 nitrogen and oxygen atoms in total. The molecule has 0 saturated carbocycles. The number of benzene rings is 1. The van der Waals surface area contributed by atoms with Crippen LogP contribution in [0.2, 0.25) is 0 Å². The largest absolute Gasteiger partial charge is 0.378 e.